The van der Waals surface area contributed by atoms with Crippen LogP contribution >= 0.6 is 0 Å². The summed E-state index contributed by atoms with van der Waals surface area (Å²) >= 11 is 0. The zero-order chi connectivity index (χ0) is 16.7. The van der Waals surface area contributed by atoms with Gasteiger partial charge in [-0.2, -0.15) is 5.10 Å². The Bertz CT molecular complexity index is 890. The van der Waals surface area contributed by atoms with E-state index < -0.39 is 0 Å². The highest BCUT2D eigenvalue weighted by Crippen LogP contribution is 2.27. The largest absolute Gasteiger partial charge is 0.350 e. The molecular weight excluding hydrogens is 290 g/mol. The van der Waals surface area contributed by atoms with Gasteiger partial charge in [-0.25, -0.2) is 4.98 Å². The van der Waals surface area contributed by atoms with Crippen LogP contribution in [0.15, 0.2) is 12.1 Å². The third-order valence-electron chi connectivity index (χ3n) is 4.20. The van der Waals surface area contributed by atoms with Crippen molar-refractivity contribution >= 4 is 16.8 Å². The van der Waals surface area contributed by atoms with Crippen LogP contribution < -0.4 is 5.32 Å². The highest BCUT2D eigenvalue weighted by atomic mass is 16.2. The van der Waals surface area contributed by atoms with Crippen LogP contribution in [0.4, 0.5) is 0 Å². The Morgan fingerprint density at radius 2 is 1.87 bits per heavy atom. The fourth-order valence-electron chi connectivity index (χ4n) is 2.91. The maximum atomic E-state index is 12.6. The van der Waals surface area contributed by atoms with Crippen LogP contribution in [-0.4, -0.2) is 26.1 Å². The molecule has 23 heavy (non-hydrogen) atoms. The Balaban J connectivity index is 1.94. The second-order valence-electron chi connectivity index (χ2n) is 6.05. The molecule has 1 aromatic carbocycles. The van der Waals surface area contributed by atoms with Gasteiger partial charge in [0, 0.05) is 10.9 Å². The number of amides is 1. The summed E-state index contributed by atoms with van der Waals surface area (Å²) in [6, 6.07) is 3.88. The van der Waals surface area contributed by atoms with E-state index in [1.165, 1.54) is 0 Å². The number of aromatic nitrogens is 4. The van der Waals surface area contributed by atoms with Crippen LogP contribution in [0.25, 0.3) is 10.9 Å². The van der Waals surface area contributed by atoms with Crippen molar-refractivity contribution in [3.63, 3.8) is 0 Å². The van der Waals surface area contributed by atoms with E-state index in [-0.39, 0.29) is 11.9 Å². The van der Waals surface area contributed by atoms with Crippen molar-refractivity contribution in [3.05, 3.63) is 46.2 Å². The van der Waals surface area contributed by atoms with Gasteiger partial charge in [0.1, 0.15) is 11.5 Å². The van der Waals surface area contributed by atoms with E-state index in [2.05, 4.69) is 44.5 Å². The SMILES string of the molecule is Cc1nc([C@H](C)NC(=O)c2[nH]c3c(C)ccc(C)c3c2C)n[nH]1. The molecule has 3 aromatic rings. The Morgan fingerprint density at radius 3 is 2.48 bits per heavy atom. The van der Waals surface area contributed by atoms with Crippen molar-refractivity contribution in [2.45, 2.75) is 40.7 Å². The van der Waals surface area contributed by atoms with Gasteiger partial charge in [0.25, 0.3) is 5.91 Å². The van der Waals surface area contributed by atoms with Gasteiger partial charge in [-0.15, -0.1) is 0 Å². The van der Waals surface area contributed by atoms with E-state index in [0.717, 1.165) is 33.4 Å². The zero-order valence-electron chi connectivity index (χ0n) is 14.0. The molecule has 3 N–H and O–H groups in total. The molecule has 0 aliphatic heterocycles. The molecule has 1 atom stereocenters. The van der Waals surface area contributed by atoms with Crippen molar-refractivity contribution in [3.8, 4) is 0 Å². The van der Waals surface area contributed by atoms with Crippen LogP contribution in [0.3, 0.4) is 0 Å². The number of nitrogens with one attached hydrogen (secondary N) is 3. The molecule has 0 aliphatic rings. The Labute approximate surface area is 134 Å². The van der Waals surface area contributed by atoms with Gasteiger partial charge < -0.3 is 10.3 Å². The third kappa shape index (κ3) is 2.60. The molecule has 0 fully saturated rings. The molecule has 6 heteroatoms. The standard InChI is InChI=1S/C17H21N5O/c1-8-6-7-9(2)14-13(8)10(3)15(20-14)17(23)18-11(4)16-19-12(5)21-22-16/h6-7,11,20H,1-5H3,(H,18,23)(H,19,21,22)/t11-/m0/s1. The lowest BCUT2D eigenvalue weighted by atomic mass is 10.0. The molecule has 0 radical (unpaired) electrons. The summed E-state index contributed by atoms with van der Waals surface area (Å²) < 4.78 is 0. The van der Waals surface area contributed by atoms with E-state index in [0.29, 0.717) is 11.5 Å². The van der Waals surface area contributed by atoms with E-state index in [9.17, 15) is 4.79 Å². The van der Waals surface area contributed by atoms with Gasteiger partial charge in [-0.05, 0) is 51.3 Å². The number of aromatic amines is 2. The molecule has 0 saturated heterocycles. The zero-order valence-corrected chi connectivity index (χ0v) is 14.0. The number of fused-ring (bicyclic) bond motifs is 1. The number of nitrogens with zero attached hydrogens (tertiary/aromatic N) is 2. The molecular formula is C17H21N5O. The van der Waals surface area contributed by atoms with Gasteiger partial charge in [-0.1, -0.05) is 12.1 Å². The highest BCUT2D eigenvalue weighted by Gasteiger charge is 2.20. The number of aryl methyl sites for hydroxylation is 4. The maximum Gasteiger partial charge on any atom is 0.268 e. The molecule has 0 bridgehead atoms. The number of carbonyl (C=O) groups excluding carboxylic acids is 1. The number of H-pyrrole nitrogens is 2. The molecule has 0 aliphatic carbocycles. The van der Waals surface area contributed by atoms with Gasteiger partial charge in [0.05, 0.1) is 6.04 Å². The second kappa shape index (κ2) is 5.53. The highest BCUT2D eigenvalue weighted by molar-refractivity contribution is 6.02. The van der Waals surface area contributed by atoms with E-state index in [4.69, 9.17) is 0 Å². The summed E-state index contributed by atoms with van der Waals surface area (Å²) in [6.45, 7) is 9.77. The van der Waals surface area contributed by atoms with Gasteiger partial charge in [-0.3, -0.25) is 9.89 Å². The Kier molecular flexibility index (Phi) is 3.67. The summed E-state index contributed by atoms with van der Waals surface area (Å²) in [6.07, 6.45) is 0. The lowest BCUT2D eigenvalue weighted by Crippen LogP contribution is -2.28. The van der Waals surface area contributed by atoms with E-state index in [1.54, 1.807) is 0 Å². The van der Waals surface area contributed by atoms with Crippen LogP contribution in [0, 0.1) is 27.7 Å². The van der Waals surface area contributed by atoms with Gasteiger partial charge in [0.15, 0.2) is 5.82 Å². The van der Waals surface area contributed by atoms with Crippen molar-refractivity contribution in [1.29, 1.82) is 0 Å². The predicted octanol–water partition coefficient (Wildman–Crippen LogP) is 3.01. The molecule has 1 amide bonds. The fourth-order valence-corrected chi connectivity index (χ4v) is 2.91. The lowest BCUT2D eigenvalue weighted by molar-refractivity contribution is 0.0933. The normalized spacial score (nSPS) is 12.6. The average molecular weight is 311 g/mol. The van der Waals surface area contributed by atoms with Gasteiger partial charge >= 0.3 is 0 Å². The summed E-state index contributed by atoms with van der Waals surface area (Å²) in [4.78, 5) is 20.2. The van der Waals surface area contributed by atoms with Gasteiger partial charge in [0.2, 0.25) is 0 Å². The Morgan fingerprint density at radius 1 is 1.17 bits per heavy atom. The average Bonchev–Trinajstić information content (AvgIpc) is 3.08. The Hall–Kier alpha value is -2.63. The van der Waals surface area contributed by atoms with Crippen molar-refractivity contribution in [2.75, 3.05) is 0 Å². The maximum absolute atomic E-state index is 12.6. The van der Waals surface area contributed by atoms with E-state index >= 15 is 0 Å². The number of benzene rings is 1. The summed E-state index contributed by atoms with van der Waals surface area (Å²) in [5, 5.41) is 11.0. The fraction of sp³-hybridized carbons (Fsp3) is 0.353. The quantitative estimate of drug-likeness (QED) is 0.695. The molecule has 3 rings (SSSR count). The topological polar surface area (TPSA) is 86.5 Å². The number of hydrogen-bond donors (Lipinski definition) is 3. The first-order valence-electron chi connectivity index (χ1n) is 7.66. The van der Waals surface area contributed by atoms with Crippen molar-refractivity contribution in [1.82, 2.24) is 25.5 Å². The molecule has 2 aromatic heterocycles. The monoisotopic (exact) mass is 311 g/mol. The summed E-state index contributed by atoms with van der Waals surface area (Å²) in [5.41, 5.74) is 4.88. The van der Waals surface area contributed by atoms with Crippen LogP contribution in [0.2, 0.25) is 0 Å². The molecule has 0 saturated carbocycles. The molecule has 6 nitrogen and oxygen atoms in total. The van der Waals surface area contributed by atoms with Crippen molar-refractivity contribution in [2.24, 2.45) is 0 Å². The van der Waals surface area contributed by atoms with Crippen LogP contribution in [0.1, 0.15) is 51.8 Å². The first-order valence-corrected chi connectivity index (χ1v) is 7.66. The molecule has 0 spiro atoms. The first-order chi connectivity index (χ1) is 10.9. The number of rotatable bonds is 3. The first kappa shape index (κ1) is 15.3. The molecule has 120 valence electrons. The summed E-state index contributed by atoms with van der Waals surface area (Å²) in [7, 11) is 0. The molecule has 2 heterocycles. The number of carbonyl (C=O) groups is 1. The van der Waals surface area contributed by atoms with Crippen LogP contribution in [0.5, 0.6) is 0 Å². The lowest BCUT2D eigenvalue weighted by Gasteiger charge is -2.10. The third-order valence-corrected chi connectivity index (χ3v) is 4.20. The minimum atomic E-state index is -0.263. The minimum Gasteiger partial charge on any atom is -0.350 e. The smallest absolute Gasteiger partial charge is 0.268 e. The minimum absolute atomic E-state index is 0.146. The number of hydrogen-bond acceptors (Lipinski definition) is 3. The van der Waals surface area contributed by atoms with Crippen LogP contribution in [-0.2, 0) is 0 Å². The predicted molar refractivity (Wildman–Crippen MR) is 89.5 cm³/mol. The van der Waals surface area contributed by atoms with E-state index in [1.807, 2.05) is 27.7 Å². The second-order valence-corrected chi connectivity index (χ2v) is 6.05. The molecule has 0 unspecified atom stereocenters. The summed E-state index contributed by atoms with van der Waals surface area (Å²) in [5.74, 6) is 1.17. The van der Waals surface area contributed by atoms with Crippen molar-refractivity contribution < 1.29 is 4.79 Å².